The minimum absolute atomic E-state index is 0.0824. The molecule has 0 N–H and O–H groups in total. The topological polar surface area (TPSA) is 48.4 Å². The second kappa shape index (κ2) is 7.13. The number of aromatic nitrogens is 1. The lowest BCUT2D eigenvalue weighted by Gasteiger charge is -2.34. The highest BCUT2D eigenvalue weighted by Crippen LogP contribution is 2.38. The molecule has 4 nitrogen and oxygen atoms in total. The first kappa shape index (κ1) is 17.9. The zero-order valence-electron chi connectivity index (χ0n) is 13.7. The Hall–Kier alpha value is -2.93. The van der Waals surface area contributed by atoms with Gasteiger partial charge in [0.25, 0.3) is 0 Å². The average molecular weight is 361 g/mol. The Morgan fingerprint density at radius 3 is 2.62 bits per heavy atom. The molecule has 1 heterocycles. The number of aldehydes is 1. The maximum Gasteiger partial charge on any atom is 0.168 e. The molecule has 0 spiro atoms. The Labute approximate surface area is 147 Å². The van der Waals surface area contributed by atoms with E-state index in [1.165, 1.54) is 19.4 Å². The summed E-state index contributed by atoms with van der Waals surface area (Å²) in [5.41, 5.74) is -1.50. The molecule has 2 aromatic rings. The van der Waals surface area contributed by atoms with E-state index in [2.05, 4.69) is 4.98 Å². The number of methoxy groups -OCH3 is 1. The molecule has 2 atom stereocenters. The summed E-state index contributed by atoms with van der Waals surface area (Å²) in [4.78, 5) is 15.4. The van der Waals surface area contributed by atoms with Crippen LogP contribution in [-0.4, -0.2) is 18.4 Å². The van der Waals surface area contributed by atoms with Crippen LogP contribution in [0.1, 0.15) is 5.69 Å². The number of rotatable bonds is 5. The molecule has 0 bridgehead atoms. The third-order valence-electron chi connectivity index (χ3n) is 4.06. The van der Waals surface area contributed by atoms with Crippen molar-refractivity contribution in [2.24, 2.45) is 5.92 Å². The van der Waals surface area contributed by atoms with E-state index in [0.717, 1.165) is 18.2 Å². The van der Waals surface area contributed by atoms with E-state index < -0.39 is 29.0 Å². The van der Waals surface area contributed by atoms with Crippen molar-refractivity contribution >= 4 is 6.29 Å². The SMILES string of the molecule is COC1(c2ncc(Oc3ccc(F)cc3F)cc2F)C=CC=CC1C=O. The van der Waals surface area contributed by atoms with Crippen LogP contribution in [0.15, 0.2) is 54.8 Å². The van der Waals surface area contributed by atoms with Crippen LogP contribution in [0, 0.1) is 23.4 Å². The summed E-state index contributed by atoms with van der Waals surface area (Å²) in [6, 6.07) is 3.76. The van der Waals surface area contributed by atoms with Gasteiger partial charge in [-0.15, -0.1) is 0 Å². The molecule has 1 aliphatic carbocycles. The van der Waals surface area contributed by atoms with Crippen LogP contribution in [0.3, 0.4) is 0 Å². The predicted octanol–water partition coefficient (Wildman–Crippen LogP) is 4.07. The molecule has 0 saturated heterocycles. The number of carbonyl (C=O) groups excluding carboxylic acids is 1. The summed E-state index contributed by atoms with van der Waals surface area (Å²) < 4.78 is 51.9. The summed E-state index contributed by atoms with van der Waals surface area (Å²) in [5.74, 6) is -3.59. The van der Waals surface area contributed by atoms with Crippen LogP contribution in [0.4, 0.5) is 13.2 Å². The maximum absolute atomic E-state index is 14.7. The molecule has 3 rings (SSSR count). The summed E-state index contributed by atoms with van der Waals surface area (Å²) in [6.07, 6.45) is 8.22. The van der Waals surface area contributed by atoms with Gasteiger partial charge >= 0.3 is 0 Å². The van der Waals surface area contributed by atoms with Crippen molar-refractivity contribution in [1.29, 1.82) is 0 Å². The first-order valence-corrected chi connectivity index (χ1v) is 7.65. The monoisotopic (exact) mass is 361 g/mol. The van der Waals surface area contributed by atoms with Gasteiger partial charge in [-0.05, 0) is 18.2 Å². The second-order valence-electron chi connectivity index (χ2n) is 5.58. The Balaban J connectivity index is 1.95. The largest absolute Gasteiger partial charge is 0.453 e. The van der Waals surface area contributed by atoms with Gasteiger partial charge < -0.3 is 14.3 Å². The lowest BCUT2D eigenvalue weighted by atomic mass is 9.81. The molecule has 0 fully saturated rings. The van der Waals surface area contributed by atoms with Crippen LogP contribution >= 0.6 is 0 Å². The number of halogens is 3. The molecule has 0 saturated carbocycles. The van der Waals surface area contributed by atoms with Gasteiger partial charge in [-0.3, -0.25) is 4.98 Å². The smallest absolute Gasteiger partial charge is 0.168 e. The summed E-state index contributed by atoms with van der Waals surface area (Å²) in [6.45, 7) is 0. The van der Waals surface area contributed by atoms with Crippen molar-refractivity contribution in [2.75, 3.05) is 7.11 Å². The molecule has 134 valence electrons. The average Bonchev–Trinajstić information content (AvgIpc) is 2.64. The summed E-state index contributed by atoms with van der Waals surface area (Å²) >= 11 is 0. The third-order valence-corrected chi connectivity index (χ3v) is 4.06. The molecular formula is C19H14F3NO3. The van der Waals surface area contributed by atoms with Gasteiger partial charge in [0.1, 0.15) is 29.1 Å². The minimum Gasteiger partial charge on any atom is -0.453 e. The Bertz CT molecular complexity index is 898. The first-order chi connectivity index (χ1) is 12.5. The molecule has 1 aromatic heterocycles. The highest BCUT2D eigenvalue weighted by Gasteiger charge is 2.42. The third kappa shape index (κ3) is 3.13. The molecule has 26 heavy (non-hydrogen) atoms. The normalized spacial score (nSPS) is 21.6. The van der Waals surface area contributed by atoms with Gasteiger partial charge in [0.2, 0.25) is 0 Å². The summed E-state index contributed by atoms with van der Waals surface area (Å²) in [5, 5.41) is 0. The van der Waals surface area contributed by atoms with E-state index in [1.54, 1.807) is 18.2 Å². The van der Waals surface area contributed by atoms with Crippen LogP contribution in [0.5, 0.6) is 11.5 Å². The number of ether oxygens (including phenoxy) is 2. The van der Waals surface area contributed by atoms with Gasteiger partial charge in [-0.2, -0.15) is 0 Å². The number of nitrogens with zero attached hydrogens (tertiary/aromatic N) is 1. The Morgan fingerprint density at radius 2 is 1.96 bits per heavy atom. The van der Waals surface area contributed by atoms with E-state index >= 15 is 0 Å². The van der Waals surface area contributed by atoms with Gasteiger partial charge in [-0.1, -0.05) is 18.2 Å². The number of benzene rings is 1. The maximum atomic E-state index is 14.7. The molecule has 0 amide bonds. The molecule has 2 unspecified atom stereocenters. The van der Waals surface area contributed by atoms with Crippen molar-refractivity contribution in [3.8, 4) is 11.5 Å². The van der Waals surface area contributed by atoms with Crippen molar-refractivity contribution < 1.29 is 27.4 Å². The van der Waals surface area contributed by atoms with Crippen LogP contribution < -0.4 is 4.74 Å². The predicted molar refractivity (Wildman–Crippen MR) is 87.1 cm³/mol. The number of pyridine rings is 1. The van der Waals surface area contributed by atoms with E-state index in [0.29, 0.717) is 12.4 Å². The van der Waals surface area contributed by atoms with E-state index in [9.17, 15) is 18.0 Å². The fourth-order valence-corrected chi connectivity index (χ4v) is 2.77. The van der Waals surface area contributed by atoms with Crippen LogP contribution in [0.25, 0.3) is 0 Å². The van der Waals surface area contributed by atoms with Gasteiger partial charge in [0, 0.05) is 19.2 Å². The summed E-state index contributed by atoms with van der Waals surface area (Å²) in [7, 11) is 1.35. The van der Waals surface area contributed by atoms with Crippen LogP contribution in [-0.2, 0) is 15.1 Å². The number of allylic oxidation sites excluding steroid dienone is 2. The fraction of sp³-hybridized carbons (Fsp3) is 0.158. The van der Waals surface area contributed by atoms with Gasteiger partial charge in [-0.25, -0.2) is 13.2 Å². The molecule has 7 heteroatoms. The number of carbonyl (C=O) groups is 1. The quantitative estimate of drug-likeness (QED) is 0.753. The minimum atomic E-state index is -1.39. The fourth-order valence-electron chi connectivity index (χ4n) is 2.77. The first-order valence-electron chi connectivity index (χ1n) is 7.65. The molecule has 1 aromatic carbocycles. The molecular weight excluding hydrogens is 347 g/mol. The lowest BCUT2D eigenvalue weighted by Crippen LogP contribution is -2.38. The zero-order valence-corrected chi connectivity index (χ0v) is 13.7. The van der Waals surface area contributed by atoms with E-state index in [4.69, 9.17) is 9.47 Å². The van der Waals surface area contributed by atoms with Gasteiger partial charge in [0.05, 0.1) is 12.1 Å². The Kier molecular flexibility index (Phi) is 4.90. The highest BCUT2D eigenvalue weighted by molar-refractivity contribution is 5.62. The number of hydrogen-bond acceptors (Lipinski definition) is 4. The van der Waals surface area contributed by atoms with Crippen molar-refractivity contribution in [2.45, 2.75) is 5.60 Å². The second-order valence-corrected chi connectivity index (χ2v) is 5.58. The highest BCUT2D eigenvalue weighted by atomic mass is 19.1. The van der Waals surface area contributed by atoms with E-state index in [1.807, 2.05) is 0 Å². The lowest BCUT2D eigenvalue weighted by molar-refractivity contribution is -0.117. The van der Waals surface area contributed by atoms with Crippen molar-refractivity contribution in [3.63, 3.8) is 0 Å². The molecule has 0 aliphatic heterocycles. The van der Waals surface area contributed by atoms with Crippen LogP contribution in [0.2, 0.25) is 0 Å². The molecule has 1 aliphatic rings. The van der Waals surface area contributed by atoms with E-state index in [-0.39, 0.29) is 17.2 Å². The van der Waals surface area contributed by atoms with Crippen molar-refractivity contribution in [1.82, 2.24) is 4.98 Å². The number of hydrogen-bond donors (Lipinski definition) is 0. The standard InChI is InChI=1S/C19H14F3NO3/c1-25-19(7-3-2-4-12(19)11-24)18-16(22)9-14(10-23-18)26-17-6-5-13(20)8-15(17)21/h2-12H,1H3. The molecule has 0 radical (unpaired) electrons. The van der Waals surface area contributed by atoms with Crippen molar-refractivity contribution in [3.05, 3.63) is 77.9 Å². The zero-order chi connectivity index (χ0) is 18.7. The Morgan fingerprint density at radius 1 is 1.15 bits per heavy atom. The van der Waals surface area contributed by atoms with Gasteiger partial charge in [0.15, 0.2) is 17.4 Å².